The number of guanidine groups is 1. The number of aliphatic imine (C=N–C) groups is 1. The molecule has 22 heavy (non-hydrogen) atoms. The zero-order chi connectivity index (χ0) is 15.6. The number of likely N-dealkylation sites (tertiary alicyclic amines) is 1. The van der Waals surface area contributed by atoms with E-state index in [2.05, 4.69) is 39.3 Å². The molecule has 0 radical (unpaired) electrons. The van der Waals surface area contributed by atoms with Crippen LogP contribution in [-0.2, 0) is 6.54 Å². The monoisotopic (exact) mass is 300 g/mol. The summed E-state index contributed by atoms with van der Waals surface area (Å²) >= 11 is 0. The molecule has 1 aliphatic heterocycles. The molecule has 6 nitrogen and oxygen atoms in total. The third-order valence-electron chi connectivity index (χ3n) is 4.71. The number of nitrogens with zero attached hydrogens (tertiary/aromatic N) is 5. The number of aromatic nitrogens is 3. The molecule has 0 amide bonds. The highest BCUT2D eigenvalue weighted by Crippen LogP contribution is 2.32. The molecule has 0 saturated carbocycles. The highest BCUT2D eigenvalue weighted by atomic mass is 15.3. The number of nitrogens with one attached hydrogen (secondary N) is 1. The Labute approximate surface area is 131 Å². The molecule has 1 unspecified atom stereocenters. The van der Waals surface area contributed by atoms with Crippen molar-refractivity contribution >= 4 is 11.6 Å². The summed E-state index contributed by atoms with van der Waals surface area (Å²) in [6, 6.07) is 5.91. The fourth-order valence-corrected chi connectivity index (χ4v) is 3.00. The van der Waals surface area contributed by atoms with E-state index in [0.29, 0.717) is 12.0 Å². The van der Waals surface area contributed by atoms with Crippen LogP contribution in [0.5, 0.6) is 0 Å². The van der Waals surface area contributed by atoms with Gasteiger partial charge in [-0.2, -0.15) is 0 Å². The molecule has 3 heterocycles. The number of fused-ring (bicyclic) bond motifs is 1. The minimum Gasteiger partial charge on any atom is -0.349 e. The second kappa shape index (κ2) is 5.94. The number of rotatable bonds is 3. The summed E-state index contributed by atoms with van der Waals surface area (Å²) in [4.78, 5) is 6.76. The summed E-state index contributed by atoms with van der Waals surface area (Å²) in [5.74, 6) is 1.85. The molecule has 1 saturated heterocycles. The van der Waals surface area contributed by atoms with Gasteiger partial charge in [0.05, 0.1) is 6.54 Å². The molecule has 2 aromatic heterocycles. The van der Waals surface area contributed by atoms with Crippen molar-refractivity contribution in [1.29, 1.82) is 0 Å². The molecule has 0 aliphatic carbocycles. The van der Waals surface area contributed by atoms with E-state index in [9.17, 15) is 0 Å². The van der Waals surface area contributed by atoms with Gasteiger partial charge in [0.15, 0.2) is 17.4 Å². The minimum absolute atomic E-state index is 0.402. The van der Waals surface area contributed by atoms with E-state index in [-0.39, 0.29) is 0 Å². The summed E-state index contributed by atoms with van der Waals surface area (Å²) in [6.07, 6.45) is 4.41. The van der Waals surface area contributed by atoms with Gasteiger partial charge in [-0.15, -0.1) is 10.2 Å². The van der Waals surface area contributed by atoms with E-state index >= 15 is 0 Å². The fraction of sp³-hybridized carbons (Fsp3) is 0.562. The highest BCUT2D eigenvalue weighted by Gasteiger charge is 2.33. The summed E-state index contributed by atoms with van der Waals surface area (Å²) < 4.78 is 2.00. The first-order valence-corrected chi connectivity index (χ1v) is 7.89. The lowest BCUT2D eigenvalue weighted by atomic mass is 9.87. The van der Waals surface area contributed by atoms with Crippen LogP contribution in [0, 0.1) is 5.41 Å². The molecule has 1 aliphatic rings. The molecular weight excluding hydrogens is 276 g/mol. The molecule has 2 aromatic rings. The zero-order valence-corrected chi connectivity index (χ0v) is 13.6. The van der Waals surface area contributed by atoms with Crippen molar-refractivity contribution in [2.45, 2.75) is 33.2 Å². The van der Waals surface area contributed by atoms with Crippen molar-refractivity contribution in [2.75, 3.05) is 20.1 Å². The molecular formula is C16H24N6. The van der Waals surface area contributed by atoms with Crippen LogP contribution < -0.4 is 5.32 Å². The first-order valence-electron chi connectivity index (χ1n) is 7.89. The SMILES string of the molecule is CCC1(C)CCN(C(=NC)NCc2nnc3ccccn23)C1. The molecule has 0 spiro atoms. The third kappa shape index (κ3) is 2.77. The van der Waals surface area contributed by atoms with Crippen molar-refractivity contribution in [3.8, 4) is 0 Å². The van der Waals surface area contributed by atoms with Gasteiger partial charge in [0.2, 0.25) is 0 Å². The Morgan fingerprint density at radius 2 is 2.27 bits per heavy atom. The summed E-state index contributed by atoms with van der Waals surface area (Å²) in [5, 5.41) is 11.8. The first kappa shape index (κ1) is 14.8. The standard InChI is InChI=1S/C16H24N6/c1-4-16(2)8-10-21(12-16)15(17-3)18-11-14-20-19-13-7-5-6-9-22(13)14/h5-7,9H,4,8,10-12H2,1-3H3,(H,17,18). The Hall–Kier alpha value is -2.11. The molecule has 3 rings (SSSR count). The Bertz CT molecular complexity index is 676. The van der Waals surface area contributed by atoms with Crippen LogP contribution in [0.15, 0.2) is 29.4 Å². The van der Waals surface area contributed by atoms with E-state index in [1.54, 1.807) is 0 Å². The quantitative estimate of drug-likeness (QED) is 0.695. The smallest absolute Gasteiger partial charge is 0.194 e. The molecule has 1 N–H and O–H groups in total. The van der Waals surface area contributed by atoms with Crippen molar-refractivity contribution in [2.24, 2.45) is 10.4 Å². The average Bonchev–Trinajstić information content (AvgIpc) is 3.13. The van der Waals surface area contributed by atoms with E-state index in [4.69, 9.17) is 0 Å². The van der Waals surface area contributed by atoms with Gasteiger partial charge < -0.3 is 10.2 Å². The lowest BCUT2D eigenvalue weighted by Crippen LogP contribution is -2.40. The van der Waals surface area contributed by atoms with Crippen LogP contribution in [0.4, 0.5) is 0 Å². The van der Waals surface area contributed by atoms with Crippen LogP contribution in [0.25, 0.3) is 5.65 Å². The molecule has 1 atom stereocenters. The van der Waals surface area contributed by atoms with Gasteiger partial charge >= 0.3 is 0 Å². The molecule has 0 bridgehead atoms. The van der Waals surface area contributed by atoms with Gasteiger partial charge in [-0.1, -0.05) is 19.9 Å². The van der Waals surface area contributed by atoms with E-state index in [1.165, 1.54) is 12.8 Å². The Kier molecular flexibility index (Phi) is 4.00. The van der Waals surface area contributed by atoms with Crippen molar-refractivity contribution in [1.82, 2.24) is 24.8 Å². The second-order valence-electron chi connectivity index (χ2n) is 6.28. The van der Waals surface area contributed by atoms with E-state index in [1.807, 2.05) is 35.8 Å². The minimum atomic E-state index is 0.402. The zero-order valence-electron chi connectivity index (χ0n) is 13.6. The maximum absolute atomic E-state index is 4.42. The largest absolute Gasteiger partial charge is 0.349 e. The van der Waals surface area contributed by atoms with Gasteiger partial charge in [0, 0.05) is 26.3 Å². The van der Waals surface area contributed by atoms with Gasteiger partial charge in [-0.05, 0) is 30.4 Å². The third-order valence-corrected chi connectivity index (χ3v) is 4.71. The van der Waals surface area contributed by atoms with Crippen molar-refractivity contribution in [3.63, 3.8) is 0 Å². The van der Waals surface area contributed by atoms with Crippen molar-refractivity contribution < 1.29 is 0 Å². The lowest BCUT2D eigenvalue weighted by molar-refractivity contribution is 0.322. The maximum atomic E-state index is 4.42. The van der Waals surface area contributed by atoms with Crippen molar-refractivity contribution in [3.05, 3.63) is 30.2 Å². The highest BCUT2D eigenvalue weighted by molar-refractivity contribution is 5.80. The maximum Gasteiger partial charge on any atom is 0.194 e. The number of hydrogen-bond donors (Lipinski definition) is 1. The molecule has 6 heteroatoms. The van der Waals surface area contributed by atoms with Crippen LogP contribution in [0.1, 0.15) is 32.5 Å². The molecule has 0 aromatic carbocycles. The summed E-state index contributed by atoms with van der Waals surface area (Å²) in [5.41, 5.74) is 1.27. The molecule has 1 fully saturated rings. The Balaban J connectivity index is 1.67. The van der Waals surface area contributed by atoms with E-state index < -0.39 is 0 Å². The average molecular weight is 300 g/mol. The van der Waals surface area contributed by atoms with Crippen LogP contribution >= 0.6 is 0 Å². The second-order valence-corrected chi connectivity index (χ2v) is 6.28. The van der Waals surface area contributed by atoms with Gasteiger partial charge in [0.25, 0.3) is 0 Å². The topological polar surface area (TPSA) is 57.8 Å². The first-order chi connectivity index (χ1) is 10.6. The Morgan fingerprint density at radius 3 is 3.00 bits per heavy atom. The molecule has 118 valence electrons. The normalized spacial score (nSPS) is 22.5. The lowest BCUT2D eigenvalue weighted by Gasteiger charge is -2.25. The van der Waals surface area contributed by atoms with Gasteiger partial charge in [0.1, 0.15) is 0 Å². The fourth-order valence-electron chi connectivity index (χ4n) is 3.00. The number of pyridine rings is 1. The Morgan fingerprint density at radius 1 is 1.41 bits per heavy atom. The van der Waals surface area contributed by atoms with Gasteiger partial charge in [-0.3, -0.25) is 9.39 Å². The summed E-state index contributed by atoms with van der Waals surface area (Å²) in [7, 11) is 1.84. The van der Waals surface area contributed by atoms with Crippen LogP contribution in [0.3, 0.4) is 0 Å². The predicted molar refractivity (Wildman–Crippen MR) is 87.8 cm³/mol. The summed E-state index contributed by atoms with van der Waals surface area (Å²) in [6.45, 7) is 7.36. The van der Waals surface area contributed by atoms with Crippen LogP contribution in [-0.4, -0.2) is 45.6 Å². The van der Waals surface area contributed by atoms with E-state index in [0.717, 1.165) is 30.5 Å². The number of hydrogen-bond acceptors (Lipinski definition) is 3. The van der Waals surface area contributed by atoms with Gasteiger partial charge in [-0.25, -0.2) is 0 Å². The predicted octanol–water partition coefficient (Wildman–Crippen LogP) is 1.93. The van der Waals surface area contributed by atoms with Crippen LogP contribution in [0.2, 0.25) is 0 Å².